The maximum absolute atomic E-state index is 13.4. The van der Waals surface area contributed by atoms with E-state index in [0.29, 0.717) is 31.0 Å². The summed E-state index contributed by atoms with van der Waals surface area (Å²) in [6.45, 7) is 6.95. The maximum Gasteiger partial charge on any atom is 0.274 e. The van der Waals surface area contributed by atoms with Crippen molar-refractivity contribution < 1.29 is 19.1 Å². The highest BCUT2D eigenvalue weighted by molar-refractivity contribution is 5.93. The second-order valence-corrected chi connectivity index (χ2v) is 9.51. The molecule has 0 bridgehead atoms. The van der Waals surface area contributed by atoms with Gasteiger partial charge in [-0.05, 0) is 57.3 Å². The molecule has 3 heterocycles. The molecule has 2 amide bonds. The van der Waals surface area contributed by atoms with E-state index in [1.54, 1.807) is 46.7 Å². The minimum atomic E-state index is -1.21. The predicted molar refractivity (Wildman–Crippen MR) is 129 cm³/mol. The standard InChI is InChI=1S/C25H31FN6O3/c1-15(2)19-12-20(17-6-8-18(26)9-7-17)28-32-14-21(27-22(19)32)23(33)31-11-10-30(13-16(31)3)25(35)24(34)29(4)5/h6-9,12,14-16,24,34H,10-11,13H2,1-5H3/t16-,24?/m1/s1. The van der Waals surface area contributed by atoms with E-state index in [1.807, 2.05) is 26.8 Å². The number of carbonyl (C=O) groups excluding carboxylic acids is 2. The lowest BCUT2D eigenvalue weighted by atomic mass is 10.0. The maximum atomic E-state index is 13.4. The average molecular weight is 483 g/mol. The highest BCUT2D eigenvalue weighted by Gasteiger charge is 2.34. The number of fused-ring (bicyclic) bond motifs is 1. The zero-order chi connectivity index (χ0) is 25.4. The van der Waals surface area contributed by atoms with Crippen molar-refractivity contribution in [2.24, 2.45) is 0 Å². The van der Waals surface area contributed by atoms with Crippen molar-refractivity contribution in [2.45, 2.75) is 39.0 Å². The van der Waals surface area contributed by atoms with Gasteiger partial charge in [0, 0.05) is 36.8 Å². The topological polar surface area (TPSA) is 94.3 Å². The Bertz CT molecular complexity index is 1240. The molecule has 9 nitrogen and oxygen atoms in total. The van der Waals surface area contributed by atoms with Crippen LogP contribution in [0.4, 0.5) is 4.39 Å². The molecule has 0 spiro atoms. The summed E-state index contributed by atoms with van der Waals surface area (Å²) in [5, 5.41) is 14.7. The predicted octanol–water partition coefficient (Wildman–Crippen LogP) is 2.21. The highest BCUT2D eigenvalue weighted by Crippen LogP contribution is 2.26. The van der Waals surface area contributed by atoms with E-state index in [9.17, 15) is 19.1 Å². The number of piperazine rings is 1. The number of rotatable bonds is 5. The SMILES string of the molecule is CC(C)c1cc(-c2ccc(F)cc2)nn2cc(C(=O)N3CCN(C(=O)C(O)N(C)C)C[C@H]3C)nc12. The summed E-state index contributed by atoms with van der Waals surface area (Å²) in [5.74, 6) is -0.801. The van der Waals surface area contributed by atoms with Crippen molar-refractivity contribution in [3.8, 4) is 11.3 Å². The second-order valence-electron chi connectivity index (χ2n) is 9.51. The first kappa shape index (κ1) is 24.7. The van der Waals surface area contributed by atoms with Crippen LogP contribution in [0.5, 0.6) is 0 Å². The molecule has 0 radical (unpaired) electrons. The number of aliphatic hydroxyl groups is 1. The quantitative estimate of drug-likeness (QED) is 0.561. The fraction of sp³-hybridized carbons (Fsp3) is 0.440. The molecule has 3 aromatic rings. The number of likely N-dealkylation sites (N-methyl/N-ethyl adjacent to an activating group) is 1. The lowest BCUT2D eigenvalue weighted by Gasteiger charge is -2.40. The monoisotopic (exact) mass is 482 g/mol. The summed E-state index contributed by atoms with van der Waals surface area (Å²) >= 11 is 0. The number of nitrogens with zero attached hydrogens (tertiary/aromatic N) is 6. The number of carbonyl (C=O) groups is 2. The third kappa shape index (κ3) is 4.89. The summed E-state index contributed by atoms with van der Waals surface area (Å²) in [6, 6.07) is 7.81. The molecule has 0 aliphatic carbocycles. The molecule has 1 saturated heterocycles. The fourth-order valence-corrected chi connectivity index (χ4v) is 4.28. The summed E-state index contributed by atoms with van der Waals surface area (Å²) in [7, 11) is 3.27. The number of benzene rings is 1. The summed E-state index contributed by atoms with van der Waals surface area (Å²) in [6.07, 6.45) is 0.412. The number of hydrogen-bond acceptors (Lipinski definition) is 6. The zero-order valence-corrected chi connectivity index (χ0v) is 20.6. The van der Waals surface area contributed by atoms with Gasteiger partial charge in [-0.15, -0.1) is 0 Å². The van der Waals surface area contributed by atoms with Gasteiger partial charge >= 0.3 is 0 Å². The third-order valence-electron chi connectivity index (χ3n) is 6.34. The van der Waals surface area contributed by atoms with Crippen molar-refractivity contribution in [1.82, 2.24) is 29.3 Å². The number of imidazole rings is 1. The molecule has 10 heteroatoms. The van der Waals surface area contributed by atoms with E-state index in [1.165, 1.54) is 17.0 Å². The molecule has 1 fully saturated rings. The van der Waals surface area contributed by atoms with Crippen molar-refractivity contribution >= 4 is 17.5 Å². The summed E-state index contributed by atoms with van der Waals surface area (Å²) < 4.78 is 15.0. The zero-order valence-electron chi connectivity index (χ0n) is 20.6. The van der Waals surface area contributed by atoms with Gasteiger partial charge in [0.2, 0.25) is 0 Å². The van der Waals surface area contributed by atoms with Crippen LogP contribution < -0.4 is 0 Å². The molecule has 2 aromatic heterocycles. The summed E-state index contributed by atoms with van der Waals surface area (Å²) in [4.78, 5) is 35.2. The van der Waals surface area contributed by atoms with E-state index in [0.717, 1.165) is 11.1 Å². The van der Waals surface area contributed by atoms with Crippen molar-refractivity contribution in [2.75, 3.05) is 33.7 Å². The minimum absolute atomic E-state index is 0.127. The molecule has 2 atom stereocenters. The van der Waals surface area contributed by atoms with Gasteiger partial charge in [-0.3, -0.25) is 14.5 Å². The van der Waals surface area contributed by atoms with Crippen LogP contribution in [0.1, 0.15) is 42.7 Å². The van der Waals surface area contributed by atoms with Crippen molar-refractivity contribution in [3.63, 3.8) is 0 Å². The highest BCUT2D eigenvalue weighted by atomic mass is 19.1. The average Bonchev–Trinajstić information content (AvgIpc) is 3.26. The van der Waals surface area contributed by atoms with Crippen LogP contribution in [0, 0.1) is 5.82 Å². The number of hydrogen-bond donors (Lipinski definition) is 1. The van der Waals surface area contributed by atoms with E-state index < -0.39 is 6.23 Å². The smallest absolute Gasteiger partial charge is 0.274 e. The molecule has 1 aromatic carbocycles. The molecular weight excluding hydrogens is 451 g/mol. The molecule has 1 aliphatic rings. The van der Waals surface area contributed by atoms with Crippen LogP contribution in [0.25, 0.3) is 16.9 Å². The van der Waals surface area contributed by atoms with Crippen molar-refractivity contribution in [3.05, 3.63) is 53.6 Å². The number of halogens is 1. The number of aromatic nitrogens is 3. The van der Waals surface area contributed by atoms with Gasteiger partial charge in [0.25, 0.3) is 11.8 Å². The molecule has 1 aliphatic heterocycles. The first-order valence-electron chi connectivity index (χ1n) is 11.7. The summed E-state index contributed by atoms with van der Waals surface area (Å²) in [5.41, 5.74) is 3.24. The van der Waals surface area contributed by atoms with E-state index in [4.69, 9.17) is 0 Å². The lowest BCUT2D eigenvalue weighted by molar-refractivity contribution is -0.150. The molecule has 4 rings (SSSR count). The Labute approximate surface area is 203 Å². The molecule has 186 valence electrons. The van der Waals surface area contributed by atoms with Gasteiger partial charge in [-0.1, -0.05) is 13.8 Å². The molecular formula is C25H31FN6O3. The van der Waals surface area contributed by atoms with Gasteiger partial charge in [-0.25, -0.2) is 13.9 Å². The number of aliphatic hydroxyl groups excluding tert-OH is 1. The first-order valence-corrected chi connectivity index (χ1v) is 11.7. The Morgan fingerprint density at radius 1 is 1.17 bits per heavy atom. The second kappa shape index (κ2) is 9.71. The first-order chi connectivity index (χ1) is 16.6. The Hall–Kier alpha value is -3.37. The van der Waals surface area contributed by atoms with Gasteiger partial charge in [-0.2, -0.15) is 5.10 Å². The van der Waals surface area contributed by atoms with E-state index >= 15 is 0 Å². The van der Waals surface area contributed by atoms with Gasteiger partial charge in [0.1, 0.15) is 11.5 Å². The lowest BCUT2D eigenvalue weighted by Crippen LogP contribution is -2.58. The van der Waals surface area contributed by atoms with E-state index in [-0.39, 0.29) is 35.3 Å². The fourth-order valence-electron chi connectivity index (χ4n) is 4.28. The van der Waals surface area contributed by atoms with Gasteiger partial charge < -0.3 is 14.9 Å². The molecule has 35 heavy (non-hydrogen) atoms. The van der Waals surface area contributed by atoms with Gasteiger partial charge in [0.05, 0.1) is 11.9 Å². The number of amides is 2. The van der Waals surface area contributed by atoms with Crippen LogP contribution in [0.15, 0.2) is 36.5 Å². The Morgan fingerprint density at radius 3 is 2.46 bits per heavy atom. The van der Waals surface area contributed by atoms with Crippen LogP contribution in [0.3, 0.4) is 0 Å². The Balaban J connectivity index is 1.60. The molecule has 1 unspecified atom stereocenters. The van der Waals surface area contributed by atoms with E-state index in [2.05, 4.69) is 10.1 Å². The molecule has 1 N–H and O–H groups in total. The van der Waals surface area contributed by atoms with Crippen LogP contribution in [-0.2, 0) is 4.79 Å². The third-order valence-corrected chi connectivity index (χ3v) is 6.34. The largest absolute Gasteiger partial charge is 0.370 e. The normalized spacial score (nSPS) is 17.5. The Morgan fingerprint density at radius 2 is 1.86 bits per heavy atom. The van der Waals surface area contributed by atoms with Gasteiger partial charge in [0.15, 0.2) is 11.9 Å². The van der Waals surface area contributed by atoms with Crippen LogP contribution in [0.2, 0.25) is 0 Å². The molecule has 0 saturated carbocycles. The van der Waals surface area contributed by atoms with Crippen LogP contribution >= 0.6 is 0 Å². The van der Waals surface area contributed by atoms with Crippen molar-refractivity contribution in [1.29, 1.82) is 0 Å². The van der Waals surface area contributed by atoms with Crippen LogP contribution in [-0.4, -0.2) is 92.2 Å². The minimum Gasteiger partial charge on any atom is -0.370 e. The Kier molecular flexibility index (Phi) is 6.86.